The molecule has 0 aromatic carbocycles. The maximum absolute atomic E-state index is 10.3. The number of halogens is 1. The van der Waals surface area contributed by atoms with Gasteiger partial charge in [-0.15, -0.1) is 0 Å². The molecule has 0 aromatic heterocycles. The normalized spacial score (nSPS) is 34.6. The van der Waals surface area contributed by atoms with Crippen molar-refractivity contribution in [2.75, 3.05) is 6.54 Å². The lowest BCUT2D eigenvalue weighted by Crippen LogP contribution is -2.28. The topological polar surface area (TPSA) is 60.8 Å². The molecule has 0 radical (unpaired) electrons. The van der Waals surface area contributed by atoms with Gasteiger partial charge in [0.15, 0.2) is 0 Å². The van der Waals surface area contributed by atoms with Crippen LogP contribution in [0.25, 0.3) is 0 Å². The average molecular weight is 166 g/mol. The Hall–Kier alpha value is -0.320. The summed E-state index contributed by atoms with van der Waals surface area (Å²) < 4.78 is 1.12. The Labute approximate surface area is 63.1 Å². The molecule has 0 spiro atoms. The van der Waals surface area contributed by atoms with Gasteiger partial charge in [-0.2, -0.15) is 0 Å². The second-order valence-electron chi connectivity index (χ2n) is 2.33. The van der Waals surface area contributed by atoms with Gasteiger partial charge >= 0.3 is 5.97 Å². The van der Waals surface area contributed by atoms with Crippen molar-refractivity contribution in [3.63, 3.8) is 0 Å². The van der Waals surface area contributed by atoms with Crippen LogP contribution >= 0.6 is 11.8 Å². The highest BCUT2D eigenvalue weighted by molar-refractivity contribution is 6.15. The van der Waals surface area contributed by atoms with E-state index in [2.05, 4.69) is 0 Å². The van der Waals surface area contributed by atoms with Crippen molar-refractivity contribution >= 4 is 17.7 Å². The monoisotopic (exact) mass is 165 g/mol. The fraction of sp³-hybridized carbons (Fsp3) is 0.800. The smallest absolute Gasteiger partial charge is 0.322 e. The van der Waals surface area contributed by atoms with Gasteiger partial charge in [-0.3, -0.25) is 4.79 Å². The zero-order valence-electron chi connectivity index (χ0n) is 5.20. The Morgan fingerprint density at radius 3 is 2.50 bits per heavy atom. The summed E-state index contributed by atoms with van der Waals surface area (Å²) in [4.78, 5) is 10.3. The Morgan fingerprint density at radius 1 is 1.70 bits per heavy atom. The number of carbonyl (C=O) groups is 1. The van der Waals surface area contributed by atoms with Crippen molar-refractivity contribution in [1.29, 1.82) is 0 Å². The third kappa shape index (κ3) is 1.39. The number of hydrogen-bond acceptors (Lipinski definition) is 3. The SMILES string of the molecule is O=C(O)[C@@H]1C[C@H](O)CN1Cl. The number of carboxylic acid groups (broad SMARTS) is 1. The summed E-state index contributed by atoms with van der Waals surface area (Å²) in [5.74, 6) is -0.980. The van der Waals surface area contributed by atoms with Crippen LogP contribution in [-0.4, -0.2) is 39.3 Å². The minimum atomic E-state index is -0.980. The molecule has 1 heterocycles. The lowest BCUT2D eigenvalue weighted by Gasteiger charge is -2.09. The molecule has 0 saturated carbocycles. The predicted molar refractivity (Wildman–Crippen MR) is 34.6 cm³/mol. The van der Waals surface area contributed by atoms with Gasteiger partial charge in [-0.1, -0.05) is 0 Å². The molecule has 1 rings (SSSR count). The van der Waals surface area contributed by atoms with Crippen LogP contribution < -0.4 is 0 Å². The van der Waals surface area contributed by atoms with Gasteiger partial charge in [0, 0.05) is 13.0 Å². The van der Waals surface area contributed by atoms with E-state index in [1.807, 2.05) is 0 Å². The fourth-order valence-corrected chi connectivity index (χ4v) is 1.32. The number of hydrogen-bond donors (Lipinski definition) is 2. The number of aliphatic hydroxyl groups is 1. The molecule has 0 bridgehead atoms. The molecule has 2 atom stereocenters. The second-order valence-corrected chi connectivity index (χ2v) is 2.76. The first-order valence-electron chi connectivity index (χ1n) is 2.94. The Bertz CT molecular complexity index is 152. The Morgan fingerprint density at radius 2 is 2.30 bits per heavy atom. The number of nitrogens with zero attached hydrogens (tertiary/aromatic N) is 1. The molecule has 2 N–H and O–H groups in total. The summed E-state index contributed by atoms with van der Waals surface area (Å²) in [5, 5.41) is 17.4. The number of aliphatic hydroxyl groups excluding tert-OH is 1. The molecule has 4 nitrogen and oxygen atoms in total. The largest absolute Gasteiger partial charge is 0.480 e. The zero-order valence-corrected chi connectivity index (χ0v) is 5.95. The van der Waals surface area contributed by atoms with Crippen LogP contribution in [-0.2, 0) is 4.79 Å². The fourth-order valence-electron chi connectivity index (χ4n) is 0.996. The van der Waals surface area contributed by atoms with Crippen LogP contribution in [0.1, 0.15) is 6.42 Å². The molecule has 1 aliphatic rings. The molecular formula is C5H8ClNO3. The number of β-amino-alcohol motifs (C(OH)–C–C–N with tert-alkyl or cyclic N) is 1. The van der Waals surface area contributed by atoms with E-state index >= 15 is 0 Å². The van der Waals surface area contributed by atoms with E-state index in [4.69, 9.17) is 22.0 Å². The van der Waals surface area contributed by atoms with E-state index in [-0.39, 0.29) is 13.0 Å². The lowest BCUT2D eigenvalue weighted by molar-refractivity contribution is -0.140. The molecule has 58 valence electrons. The molecule has 0 aliphatic carbocycles. The van der Waals surface area contributed by atoms with Crippen molar-refractivity contribution < 1.29 is 15.0 Å². The summed E-state index contributed by atoms with van der Waals surface area (Å²) in [6.45, 7) is 0.235. The summed E-state index contributed by atoms with van der Waals surface area (Å²) >= 11 is 5.46. The Kier molecular flexibility index (Phi) is 2.13. The molecule has 1 saturated heterocycles. The highest BCUT2D eigenvalue weighted by Crippen LogP contribution is 2.19. The van der Waals surface area contributed by atoms with Gasteiger partial charge in [0.25, 0.3) is 0 Å². The maximum atomic E-state index is 10.3. The van der Waals surface area contributed by atoms with E-state index in [0.29, 0.717) is 0 Å². The van der Waals surface area contributed by atoms with E-state index in [1.54, 1.807) is 0 Å². The molecule has 10 heavy (non-hydrogen) atoms. The molecular weight excluding hydrogens is 158 g/mol. The highest BCUT2D eigenvalue weighted by atomic mass is 35.5. The zero-order chi connectivity index (χ0) is 7.72. The van der Waals surface area contributed by atoms with Crippen molar-refractivity contribution in [3.8, 4) is 0 Å². The van der Waals surface area contributed by atoms with Crippen LogP contribution in [0.15, 0.2) is 0 Å². The van der Waals surface area contributed by atoms with Crippen LogP contribution in [0, 0.1) is 0 Å². The van der Waals surface area contributed by atoms with E-state index in [0.717, 1.165) is 4.42 Å². The van der Waals surface area contributed by atoms with Crippen molar-refractivity contribution in [2.45, 2.75) is 18.6 Å². The minimum Gasteiger partial charge on any atom is -0.480 e. The van der Waals surface area contributed by atoms with Crippen LogP contribution in [0.2, 0.25) is 0 Å². The van der Waals surface area contributed by atoms with E-state index < -0.39 is 18.1 Å². The van der Waals surface area contributed by atoms with Gasteiger partial charge < -0.3 is 10.2 Å². The summed E-state index contributed by atoms with van der Waals surface area (Å²) in [5.41, 5.74) is 0. The van der Waals surface area contributed by atoms with Gasteiger partial charge in [0.2, 0.25) is 0 Å². The third-order valence-electron chi connectivity index (χ3n) is 1.50. The molecule has 0 amide bonds. The van der Waals surface area contributed by atoms with Gasteiger partial charge in [0.05, 0.1) is 6.10 Å². The molecule has 0 unspecified atom stereocenters. The molecule has 1 aliphatic heterocycles. The number of carboxylic acids is 1. The predicted octanol–water partition coefficient (Wildman–Crippen LogP) is -0.340. The van der Waals surface area contributed by atoms with Crippen molar-refractivity contribution in [1.82, 2.24) is 4.42 Å². The van der Waals surface area contributed by atoms with Crippen molar-refractivity contribution in [3.05, 3.63) is 0 Å². The maximum Gasteiger partial charge on any atom is 0.322 e. The second kappa shape index (κ2) is 2.74. The Balaban J connectivity index is 2.54. The molecule has 1 fully saturated rings. The van der Waals surface area contributed by atoms with Crippen LogP contribution in [0.5, 0.6) is 0 Å². The summed E-state index contributed by atoms with van der Waals surface area (Å²) in [6.07, 6.45) is -0.377. The van der Waals surface area contributed by atoms with E-state index in [9.17, 15) is 4.79 Å². The lowest BCUT2D eigenvalue weighted by atomic mass is 10.2. The minimum absolute atomic E-state index is 0.221. The number of rotatable bonds is 1. The van der Waals surface area contributed by atoms with Crippen molar-refractivity contribution in [2.24, 2.45) is 0 Å². The van der Waals surface area contributed by atoms with Gasteiger partial charge in [-0.25, -0.2) is 4.42 Å². The van der Waals surface area contributed by atoms with Crippen LogP contribution in [0.4, 0.5) is 0 Å². The van der Waals surface area contributed by atoms with Gasteiger partial charge in [0.1, 0.15) is 6.04 Å². The molecule has 5 heteroatoms. The van der Waals surface area contributed by atoms with Gasteiger partial charge in [-0.05, 0) is 11.8 Å². The third-order valence-corrected chi connectivity index (χ3v) is 1.88. The quantitative estimate of drug-likeness (QED) is 0.522. The standard InChI is InChI=1S/C5H8ClNO3/c6-7-2-3(8)1-4(7)5(9)10/h3-4,8H,1-2H2,(H,9,10)/t3-,4-/m0/s1. The van der Waals surface area contributed by atoms with E-state index in [1.165, 1.54) is 0 Å². The molecule has 0 aromatic rings. The summed E-state index contributed by atoms with van der Waals surface area (Å²) in [7, 11) is 0. The summed E-state index contributed by atoms with van der Waals surface area (Å²) in [6, 6.07) is -0.725. The number of aliphatic carboxylic acids is 1. The first-order chi connectivity index (χ1) is 4.61. The highest BCUT2D eigenvalue weighted by Gasteiger charge is 2.34. The average Bonchev–Trinajstić information content (AvgIpc) is 2.10. The first kappa shape index (κ1) is 7.78. The first-order valence-corrected chi connectivity index (χ1v) is 3.28. The van der Waals surface area contributed by atoms with Crippen LogP contribution in [0.3, 0.4) is 0 Å².